The first kappa shape index (κ1) is 14.1. The lowest BCUT2D eigenvalue weighted by Crippen LogP contribution is -2.45. The first-order valence-electron chi connectivity index (χ1n) is 5.50. The molecule has 0 aromatic heterocycles. The van der Waals surface area contributed by atoms with Gasteiger partial charge in [-0.15, -0.1) is 0 Å². The molecule has 0 bridgehead atoms. The third-order valence-corrected chi connectivity index (χ3v) is 2.41. The van der Waals surface area contributed by atoms with E-state index in [4.69, 9.17) is 10.8 Å². The monoisotopic (exact) mass is 254 g/mol. The second-order valence-corrected chi connectivity index (χ2v) is 3.77. The number of rotatable bonds is 5. The van der Waals surface area contributed by atoms with E-state index >= 15 is 0 Å². The van der Waals surface area contributed by atoms with Gasteiger partial charge in [0.2, 0.25) is 5.91 Å². The van der Waals surface area contributed by atoms with Gasteiger partial charge in [-0.1, -0.05) is 6.07 Å². The van der Waals surface area contributed by atoms with Gasteiger partial charge in [-0.05, 0) is 25.1 Å². The van der Waals surface area contributed by atoms with Gasteiger partial charge in [0.15, 0.2) is 0 Å². The van der Waals surface area contributed by atoms with Gasteiger partial charge in [0.05, 0.1) is 12.5 Å². The highest BCUT2D eigenvalue weighted by atomic mass is 19.1. The second kappa shape index (κ2) is 6.11. The van der Waals surface area contributed by atoms with Crippen LogP contribution in [-0.2, 0) is 9.59 Å². The topological polar surface area (TPSA) is 83.6 Å². The summed E-state index contributed by atoms with van der Waals surface area (Å²) in [6.45, 7) is 1.99. The fourth-order valence-corrected chi connectivity index (χ4v) is 1.59. The Morgan fingerprint density at radius 1 is 1.50 bits per heavy atom. The van der Waals surface area contributed by atoms with Crippen molar-refractivity contribution in [3.8, 4) is 0 Å². The molecular weight excluding hydrogens is 239 g/mol. The Hall–Kier alpha value is -1.95. The van der Waals surface area contributed by atoms with Crippen molar-refractivity contribution in [1.82, 2.24) is 0 Å². The van der Waals surface area contributed by atoms with Crippen LogP contribution in [-0.4, -0.2) is 29.6 Å². The van der Waals surface area contributed by atoms with Crippen LogP contribution in [0.3, 0.4) is 0 Å². The smallest absolute Gasteiger partial charge is 0.305 e. The molecule has 3 N–H and O–H groups in total. The average molecular weight is 254 g/mol. The fourth-order valence-electron chi connectivity index (χ4n) is 1.59. The standard InChI is InChI=1S/C12H15FN2O3/c1-2-15(9-5-3-4-8(13)6-9)12(18)10(14)7-11(16)17/h3-6,10H,2,7,14H2,1H3,(H,16,17). The number of carbonyl (C=O) groups is 2. The summed E-state index contributed by atoms with van der Waals surface area (Å²) in [4.78, 5) is 23.7. The Morgan fingerprint density at radius 2 is 2.17 bits per heavy atom. The molecule has 1 amide bonds. The van der Waals surface area contributed by atoms with Crippen LogP contribution in [0, 0.1) is 5.82 Å². The van der Waals surface area contributed by atoms with E-state index in [0.29, 0.717) is 5.69 Å². The largest absolute Gasteiger partial charge is 0.481 e. The summed E-state index contributed by atoms with van der Waals surface area (Å²) in [6.07, 6.45) is -0.454. The van der Waals surface area contributed by atoms with E-state index in [-0.39, 0.29) is 6.54 Å². The van der Waals surface area contributed by atoms with Gasteiger partial charge in [0.25, 0.3) is 0 Å². The van der Waals surface area contributed by atoms with Gasteiger partial charge < -0.3 is 15.7 Å². The molecule has 1 atom stereocenters. The molecule has 1 unspecified atom stereocenters. The van der Waals surface area contributed by atoms with Crippen molar-refractivity contribution in [2.75, 3.05) is 11.4 Å². The first-order chi connectivity index (χ1) is 8.45. The molecule has 5 nitrogen and oxygen atoms in total. The number of halogens is 1. The molecule has 0 saturated heterocycles. The van der Waals surface area contributed by atoms with Crippen molar-refractivity contribution in [2.45, 2.75) is 19.4 Å². The van der Waals surface area contributed by atoms with Gasteiger partial charge in [-0.3, -0.25) is 9.59 Å². The lowest BCUT2D eigenvalue weighted by Gasteiger charge is -2.23. The van der Waals surface area contributed by atoms with Gasteiger partial charge >= 0.3 is 5.97 Å². The van der Waals surface area contributed by atoms with Gasteiger partial charge in [-0.25, -0.2) is 4.39 Å². The van der Waals surface area contributed by atoms with Crippen LogP contribution in [0.25, 0.3) is 0 Å². The van der Waals surface area contributed by atoms with E-state index in [9.17, 15) is 14.0 Å². The van der Waals surface area contributed by atoms with Crippen LogP contribution in [0.1, 0.15) is 13.3 Å². The zero-order valence-electron chi connectivity index (χ0n) is 9.97. The molecule has 0 fully saturated rings. The van der Waals surface area contributed by atoms with Gasteiger partial charge in [-0.2, -0.15) is 0 Å². The molecule has 1 rings (SSSR count). The Balaban J connectivity index is 2.89. The average Bonchev–Trinajstić information content (AvgIpc) is 2.29. The predicted molar refractivity (Wildman–Crippen MR) is 64.7 cm³/mol. The third kappa shape index (κ3) is 3.53. The molecule has 18 heavy (non-hydrogen) atoms. The van der Waals surface area contributed by atoms with E-state index in [1.165, 1.54) is 23.1 Å². The molecule has 98 valence electrons. The van der Waals surface area contributed by atoms with E-state index in [1.54, 1.807) is 13.0 Å². The number of benzene rings is 1. The summed E-state index contributed by atoms with van der Waals surface area (Å²) < 4.78 is 13.1. The zero-order chi connectivity index (χ0) is 13.7. The quantitative estimate of drug-likeness (QED) is 0.820. The highest BCUT2D eigenvalue weighted by molar-refractivity contribution is 5.98. The summed E-state index contributed by atoms with van der Waals surface area (Å²) in [7, 11) is 0. The summed E-state index contributed by atoms with van der Waals surface area (Å²) in [6, 6.07) is 4.38. The number of aliphatic carboxylic acids is 1. The number of carbonyl (C=O) groups excluding carboxylic acids is 1. The second-order valence-electron chi connectivity index (χ2n) is 3.77. The van der Waals surface area contributed by atoms with Crippen molar-refractivity contribution < 1.29 is 19.1 Å². The third-order valence-electron chi connectivity index (χ3n) is 2.41. The Morgan fingerprint density at radius 3 is 2.67 bits per heavy atom. The fraction of sp³-hybridized carbons (Fsp3) is 0.333. The molecule has 6 heteroatoms. The molecule has 1 aromatic rings. The minimum Gasteiger partial charge on any atom is -0.481 e. The van der Waals surface area contributed by atoms with Crippen LogP contribution in [0.4, 0.5) is 10.1 Å². The molecule has 0 aliphatic carbocycles. The maximum atomic E-state index is 13.1. The molecule has 0 radical (unpaired) electrons. The molecule has 0 spiro atoms. The Bertz CT molecular complexity index is 451. The number of hydrogen-bond acceptors (Lipinski definition) is 3. The molecule has 1 aromatic carbocycles. The number of carboxylic acids is 1. The van der Waals surface area contributed by atoms with Crippen molar-refractivity contribution in [3.63, 3.8) is 0 Å². The van der Waals surface area contributed by atoms with Crippen molar-refractivity contribution in [2.24, 2.45) is 5.73 Å². The van der Waals surface area contributed by atoms with Crippen molar-refractivity contribution >= 4 is 17.6 Å². The maximum Gasteiger partial charge on any atom is 0.305 e. The van der Waals surface area contributed by atoms with E-state index < -0.39 is 30.2 Å². The number of nitrogens with zero attached hydrogens (tertiary/aromatic N) is 1. The minimum absolute atomic E-state index is 0.287. The number of nitrogens with two attached hydrogens (primary N) is 1. The number of anilines is 1. The normalized spacial score (nSPS) is 11.9. The van der Waals surface area contributed by atoms with Crippen molar-refractivity contribution in [1.29, 1.82) is 0 Å². The zero-order valence-corrected chi connectivity index (χ0v) is 9.97. The van der Waals surface area contributed by atoms with Crippen LogP contribution >= 0.6 is 0 Å². The summed E-state index contributed by atoms with van der Waals surface area (Å²) >= 11 is 0. The summed E-state index contributed by atoms with van der Waals surface area (Å²) in [5.74, 6) is -2.15. The van der Waals surface area contributed by atoms with Crippen LogP contribution < -0.4 is 10.6 Å². The Kier molecular flexibility index (Phi) is 4.79. The van der Waals surface area contributed by atoms with Crippen molar-refractivity contribution in [3.05, 3.63) is 30.1 Å². The number of likely N-dealkylation sites (N-methyl/N-ethyl adjacent to an activating group) is 1. The van der Waals surface area contributed by atoms with E-state index in [2.05, 4.69) is 0 Å². The highest BCUT2D eigenvalue weighted by Gasteiger charge is 2.23. The lowest BCUT2D eigenvalue weighted by atomic mass is 10.1. The maximum absolute atomic E-state index is 13.1. The van der Waals surface area contributed by atoms with Gasteiger partial charge in [0.1, 0.15) is 5.82 Å². The van der Waals surface area contributed by atoms with Gasteiger partial charge in [0, 0.05) is 12.2 Å². The molecule has 0 saturated carbocycles. The number of amides is 1. The van der Waals surface area contributed by atoms with Crippen LogP contribution in [0.5, 0.6) is 0 Å². The summed E-state index contributed by atoms with van der Waals surface area (Å²) in [5, 5.41) is 8.59. The van der Waals surface area contributed by atoms with Crippen LogP contribution in [0.15, 0.2) is 24.3 Å². The minimum atomic E-state index is -1.15. The summed E-state index contributed by atoms with van der Waals surface area (Å²) in [5.41, 5.74) is 5.87. The molecular formula is C12H15FN2O3. The predicted octanol–water partition coefficient (Wildman–Crippen LogP) is 0.981. The van der Waals surface area contributed by atoms with E-state index in [1.807, 2.05) is 0 Å². The SMILES string of the molecule is CCN(C(=O)C(N)CC(=O)O)c1cccc(F)c1. The molecule has 0 heterocycles. The number of hydrogen-bond donors (Lipinski definition) is 2. The van der Waals surface area contributed by atoms with E-state index in [0.717, 1.165) is 0 Å². The highest BCUT2D eigenvalue weighted by Crippen LogP contribution is 2.16. The Labute approximate surface area is 104 Å². The first-order valence-corrected chi connectivity index (χ1v) is 5.50. The molecule has 0 aliphatic heterocycles. The van der Waals surface area contributed by atoms with Crippen LogP contribution in [0.2, 0.25) is 0 Å². The lowest BCUT2D eigenvalue weighted by molar-refractivity contribution is -0.139. The molecule has 0 aliphatic rings. The number of carboxylic acid groups (broad SMARTS) is 1.